The van der Waals surface area contributed by atoms with Crippen LogP contribution in [0, 0.1) is 0 Å². The Bertz CT molecular complexity index is 1070. The minimum absolute atomic E-state index is 0.186. The average molecular weight is 379 g/mol. The van der Waals surface area contributed by atoms with E-state index < -0.39 is 0 Å². The standard InChI is InChI=1S/C19H21N7O2/c1-25(2)10-3-11-27-14-6-4-13(5-7-14)26-16-8-9-21-12-15(16)22-19(26)17-18(20)24-28-23-17/h4-9,12H,3,10-11H2,1-2H3,(H2,20,24). The highest BCUT2D eigenvalue weighted by atomic mass is 16.6. The van der Waals surface area contributed by atoms with Crippen LogP contribution in [0.3, 0.4) is 0 Å². The number of benzene rings is 1. The fourth-order valence-corrected chi connectivity index (χ4v) is 2.97. The first-order valence-electron chi connectivity index (χ1n) is 8.92. The molecule has 0 aliphatic carbocycles. The van der Waals surface area contributed by atoms with Crippen molar-refractivity contribution in [3.63, 3.8) is 0 Å². The summed E-state index contributed by atoms with van der Waals surface area (Å²) < 4.78 is 12.5. The highest BCUT2D eigenvalue weighted by Crippen LogP contribution is 2.30. The molecule has 4 rings (SSSR count). The van der Waals surface area contributed by atoms with Crippen molar-refractivity contribution in [2.24, 2.45) is 0 Å². The molecule has 0 fully saturated rings. The zero-order valence-electron chi connectivity index (χ0n) is 15.7. The van der Waals surface area contributed by atoms with Crippen LogP contribution < -0.4 is 10.5 Å². The Morgan fingerprint density at radius 1 is 1.14 bits per heavy atom. The second-order valence-electron chi connectivity index (χ2n) is 6.63. The second-order valence-corrected chi connectivity index (χ2v) is 6.63. The zero-order valence-corrected chi connectivity index (χ0v) is 15.7. The SMILES string of the molecule is CN(C)CCCOc1ccc(-n2c(-c3nonc3N)nc3cnccc32)cc1. The van der Waals surface area contributed by atoms with Crippen molar-refractivity contribution in [3.8, 4) is 23.0 Å². The third-order valence-electron chi connectivity index (χ3n) is 4.30. The molecule has 144 valence electrons. The fraction of sp³-hybridized carbons (Fsp3) is 0.263. The van der Waals surface area contributed by atoms with Gasteiger partial charge in [0.25, 0.3) is 0 Å². The van der Waals surface area contributed by atoms with Crippen LogP contribution in [0.1, 0.15) is 6.42 Å². The highest BCUT2D eigenvalue weighted by Gasteiger charge is 2.20. The number of pyridine rings is 1. The first-order chi connectivity index (χ1) is 13.6. The third kappa shape index (κ3) is 3.52. The van der Waals surface area contributed by atoms with Gasteiger partial charge in [-0.25, -0.2) is 9.61 Å². The van der Waals surface area contributed by atoms with E-state index in [1.807, 2.05) is 34.9 Å². The molecule has 0 saturated carbocycles. The molecule has 0 aliphatic rings. The maximum absolute atomic E-state index is 5.89. The number of ether oxygens (including phenoxy) is 1. The van der Waals surface area contributed by atoms with Gasteiger partial charge in [0.05, 0.1) is 18.3 Å². The molecule has 2 N–H and O–H groups in total. The third-order valence-corrected chi connectivity index (χ3v) is 4.30. The molecule has 0 saturated heterocycles. The van der Waals surface area contributed by atoms with Crippen molar-refractivity contribution in [3.05, 3.63) is 42.7 Å². The van der Waals surface area contributed by atoms with Crippen molar-refractivity contribution in [1.29, 1.82) is 0 Å². The van der Waals surface area contributed by atoms with Crippen molar-refractivity contribution in [2.45, 2.75) is 6.42 Å². The van der Waals surface area contributed by atoms with Gasteiger partial charge in [0.15, 0.2) is 17.3 Å². The van der Waals surface area contributed by atoms with Crippen LogP contribution in [-0.2, 0) is 0 Å². The first kappa shape index (κ1) is 17.9. The van der Waals surface area contributed by atoms with Gasteiger partial charge in [0.1, 0.15) is 11.3 Å². The minimum atomic E-state index is 0.186. The predicted octanol–water partition coefficient (Wildman–Crippen LogP) is 2.38. The molecule has 0 aliphatic heterocycles. The van der Waals surface area contributed by atoms with E-state index in [4.69, 9.17) is 15.1 Å². The summed E-state index contributed by atoms with van der Waals surface area (Å²) in [6.07, 6.45) is 4.38. The van der Waals surface area contributed by atoms with E-state index in [2.05, 4.69) is 39.3 Å². The molecule has 3 heterocycles. The highest BCUT2D eigenvalue weighted by molar-refractivity contribution is 5.83. The Morgan fingerprint density at radius 3 is 2.68 bits per heavy atom. The van der Waals surface area contributed by atoms with Crippen molar-refractivity contribution < 1.29 is 9.37 Å². The number of aromatic nitrogens is 5. The van der Waals surface area contributed by atoms with E-state index in [9.17, 15) is 0 Å². The van der Waals surface area contributed by atoms with E-state index in [1.54, 1.807) is 12.4 Å². The summed E-state index contributed by atoms with van der Waals surface area (Å²) in [5.41, 5.74) is 8.79. The number of hydrogen-bond donors (Lipinski definition) is 1. The number of nitrogen functional groups attached to an aromatic ring is 1. The van der Waals surface area contributed by atoms with Gasteiger partial charge >= 0.3 is 0 Å². The number of fused-ring (bicyclic) bond motifs is 1. The summed E-state index contributed by atoms with van der Waals surface area (Å²) in [6.45, 7) is 1.66. The minimum Gasteiger partial charge on any atom is -0.494 e. The van der Waals surface area contributed by atoms with Gasteiger partial charge in [-0.15, -0.1) is 0 Å². The fourth-order valence-electron chi connectivity index (χ4n) is 2.97. The van der Waals surface area contributed by atoms with Crippen molar-refractivity contribution in [1.82, 2.24) is 29.7 Å². The quantitative estimate of drug-likeness (QED) is 0.488. The smallest absolute Gasteiger partial charge is 0.199 e. The molecule has 3 aromatic heterocycles. The van der Waals surface area contributed by atoms with Crippen molar-refractivity contribution >= 4 is 16.9 Å². The van der Waals surface area contributed by atoms with E-state index in [1.165, 1.54) is 0 Å². The van der Waals surface area contributed by atoms with E-state index in [-0.39, 0.29) is 5.82 Å². The maximum atomic E-state index is 5.89. The van der Waals surface area contributed by atoms with Gasteiger partial charge in [-0.1, -0.05) is 0 Å². The summed E-state index contributed by atoms with van der Waals surface area (Å²) in [4.78, 5) is 10.9. The van der Waals surface area contributed by atoms with Crippen molar-refractivity contribution in [2.75, 3.05) is 33.0 Å². The second kappa shape index (κ2) is 7.65. The lowest BCUT2D eigenvalue weighted by molar-refractivity contribution is 0.281. The monoisotopic (exact) mass is 379 g/mol. The molecule has 9 nitrogen and oxygen atoms in total. The summed E-state index contributed by atoms with van der Waals surface area (Å²) >= 11 is 0. The molecule has 4 aromatic rings. The lowest BCUT2D eigenvalue weighted by atomic mass is 10.2. The van der Waals surface area contributed by atoms with Gasteiger partial charge in [-0.05, 0) is 61.2 Å². The molecule has 0 atom stereocenters. The molecule has 1 aromatic carbocycles. The van der Waals surface area contributed by atoms with E-state index >= 15 is 0 Å². The molecule has 0 spiro atoms. The van der Waals surface area contributed by atoms with Gasteiger partial charge in [0.2, 0.25) is 0 Å². The number of anilines is 1. The van der Waals surface area contributed by atoms with Gasteiger partial charge in [0, 0.05) is 18.4 Å². The van der Waals surface area contributed by atoms with Crippen LogP contribution in [0.2, 0.25) is 0 Å². The zero-order chi connectivity index (χ0) is 19.5. The number of imidazole rings is 1. The predicted molar refractivity (Wildman–Crippen MR) is 105 cm³/mol. The summed E-state index contributed by atoms with van der Waals surface area (Å²) in [7, 11) is 4.10. The molecule has 0 radical (unpaired) electrons. The van der Waals surface area contributed by atoms with E-state index in [0.29, 0.717) is 18.1 Å². The lowest BCUT2D eigenvalue weighted by Crippen LogP contribution is -2.15. The topological polar surface area (TPSA) is 108 Å². The Balaban J connectivity index is 1.66. The molecule has 0 unspecified atom stereocenters. The van der Waals surface area contributed by atoms with E-state index in [0.717, 1.165) is 35.4 Å². The average Bonchev–Trinajstić information content (AvgIpc) is 3.28. The van der Waals surface area contributed by atoms with Crippen LogP contribution in [-0.4, -0.2) is 57.0 Å². The summed E-state index contributed by atoms with van der Waals surface area (Å²) in [5, 5.41) is 7.57. The number of rotatable bonds is 7. The number of nitrogens with zero attached hydrogens (tertiary/aromatic N) is 6. The Kier molecular flexibility index (Phi) is 4.90. The Labute approximate surface area is 161 Å². The summed E-state index contributed by atoms with van der Waals surface area (Å²) in [5.74, 6) is 1.55. The Morgan fingerprint density at radius 2 is 1.96 bits per heavy atom. The largest absolute Gasteiger partial charge is 0.494 e. The molecular weight excluding hydrogens is 358 g/mol. The molecule has 0 amide bonds. The number of nitrogens with two attached hydrogens (primary N) is 1. The van der Waals surface area contributed by atoms with Gasteiger partial charge in [-0.3, -0.25) is 9.55 Å². The van der Waals surface area contributed by atoms with Crippen LogP contribution in [0.4, 0.5) is 5.82 Å². The van der Waals surface area contributed by atoms with Gasteiger partial charge in [-0.2, -0.15) is 0 Å². The molecule has 28 heavy (non-hydrogen) atoms. The molecular formula is C19H21N7O2. The Hall–Kier alpha value is -3.46. The molecule has 0 bridgehead atoms. The summed E-state index contributed by atoms with van der Waals surface area (Å²) in [6, 6.07) is 9.70. The lowest BCUT2D eigenvalue weighted by Gasteiger charge is -2.12. The van der Waals surface area contributed by atoms with Gasteiger partial charge < -0.3 is 15.4 Å². The number of hydrogen-bond acceptors (Lipinski definition) is 8. The van der Waals surface area contributed by atoms with Crippen LogP contribution in [0.25, 0.3) is 28.2 Å². The molecule has 9 heteroatoms. The van der Waals surface area contributed by atoms with Crippen LogP contribution in [0.15, 0.2) is 47.4 Å². The maximum Gasteiger partial charge on any atom is 0.199 e. The first-order valence-corrected chi connectivity index (χ1v) is 8.92. The van der Waals surface area contributed by atoms with Crippen LogP contribution in [0.5, 0.6) is 5.75 Å². The normalized spacial score (nSPS) is 11.4. The van der Waals surface area contributed by atoms with Crippen LogP contribution >= 0.6 is 0 Å².